The lowest BCUT2D eigenvalue weighted by molar-refractivity contribution is 0.414. The molecule has 5 heteroatoms. The second-order valence-corrected chi connectivity index (χ2v) is 5.06. The maximum Gasteiger partial charge on any atom is 0.148 e. The first-order valence-electron chi connectivity index (χ1n) is 6.54. The van der Waals surface area contributed by atoms with Crippen LogP contribution < -0.4 is 10.1 Å². The molecule has 0 amide bonds. The molecule has 0 aliphatic carbocycles. The van der Waals surface area contributed by atoms with Gasteiger partial charge in [0.05, 0.1) is 13.3 Å². The molecule has 1 unspecified atom stereocenters. The molecule has 0 aliphatic heterocycles. The van der Waals surface area contributed by atoms with Crippen molar-refractivity contribution in [1.82, 2.24) is 9.97 Å². The van der Waals surface area contributed by atoms with Crippen LogP contribution in [-0.2, 0) is 6.42 Å². The normalized spacial score (nSPS) is 11.9. The lowest BCUT2D eigenvalue weighted by Gasteiger charge is -2.15. The van der Waals surface area contributed by atoms with E-state index in [0.717, 1.165) is 18.6 Å². The summed E-state index contributed by atoms with van der Waals surface area (Å²) in [5, 5.41) is 3.84. The molecule has 0 aliphatic rings. The molecule has 0 fully saturated rings. The van der Waals surface area contributed by atoms with Crippen LogP contribution in [0.25, 0.3) is 0 Å². The Bertz CT molecular complexity index is 545. The van der Waals surface area contributed by atoms with Gasteiger partial charge < -0.3 is 10.1 Å². The van der Waals surface area contributed by atoms with Gasteiger partial charge in [-0.05, 0) is 37.5 Å². The zero-order valence-corrected chi connectivity index (χ0v) is 12.4. The maximum atomic E-state index is 6.02. The van der Waals surface area contributed by atoms with Gasteiger partial charge in [-0.25, -0.2) is 9.97 Å². The summed E-state index contributed by atoms with van der Waals surface area (Å²) in [7, 11) is 1.67. The Morgan fingerprint density at radius 3 is 2.70 bits per heavy atom. The minimum Gasteiger partial charge on any atom is -0.497 e. The van der Waals surface area contributed by atoms with Crippen molar-refractivity contribution in [2.45, 2.75) is 25.8 Å². The van der Waals surface area contributed by atoms with Gasteiger partial charge in [-0.15, -0.1) is 0 Å². The van der Waals surface area contributed by atoms with E-state index in [1.54, 1.807) is 13.3 Å². The quantitative estimate of drug-likeness (QED) is 0.884. The molecule has 1 N–H and O–H groups in total. The van der Waals surface area contributed by atoms with E-state index in [1.807, 2.05) is 12.1 Å². The molecule has 106 valence electrons. The lowest BCUT2D eigenvalue weighted by Crippen LogP contribution is -2.17. The number of ether oxygens (including phenoxy) is 1. The molecule has 1 aromatic carbocycles. The lowest BCUT2D eigenvalue weighted by atomic mass is 10.1. The topological polar surface area (TPSA) is 47.0 Å². The van der Waals surface area contributed by atoms with E-state index in [-0.39, 0.29) is 6.04 Å². The van der Waals surface area contributed by atoms with Gasteiger partial charge in [-0.3, -0.25) is 0 Å². The van der Waals surface area contributed by atoms with Crippen molar-refractivity contribution < 1.29 is 4.74 Å². The zero-order chi connectivity index (χ0) is 14.4. The Hall–Kier alpha value is -1.81. The smallest absolute Gasteiger partial charge is 0.148 e. The summed E-state index contributed by atoms with van der Waals surface area (Å²) in [6.45, 7) is 2.11. The van der Waals surface area contributed by atoms with Crippen LogP contribution >= 0.6 is 11.6 Å². The van der Waals surface area contributed by atoms with Crippen molar-refractivity contribution in [2.75, 3.05) is 12.4 Å². The van der Waals surface area contributed by atoms with E-state index in [4.69, 9.17) is 16.3 Å². The van der Waals surface area contributed by atoms with Gasteiger partial charge in [-0.2, -0.15) is 0 Å². The van der Waals surface area contributed by atoms with Crippen LogP contribution in [0.1, 0.15) is 18.9 Å². The first-order chi connectivity index (χ1) is 9.69. The van der Waals surface area contributed by atoms with E-state index >= 15 is 0 Å². The SMILES string of the molecule is COc1ccc(CCC(C)Nc2ncncc2Cl)cc1. The Balaban J connectivity index is 1.85. The predicted molar refractivity (Wildman–Crippen MR) is 81.4 cm³/mol. The third-order valence-corrected chi connectivity index (χ3v) is 3.35. The zero-order valence-electron chi connectivity index (χ0n) is 11.6. The van der Waals surface area contributed by atoms with Crippen molar-refractivity contribution in [2.24, 2.45) is 0 Å². The number of nitrogens with one attached hydrogen (secondary N) is 1. The number of hydrogen-bond acceptors (Lipinski definition) is 4. The fourth-order valence-corrected chi connectivity index (χ4v) is 2.06. The van der Waals surface area contributed by atoms with Gasteiger partial charge in [0.15, 0.2) is 0 Å². The molecule has 0 spiro atoms. The van der Waals surface area contributed by atoms with E-state index in [9.17, 15) is 0 Å². The van der Waals surface area contributed by atoms with E-state index in [1.165, 1.54) is 11.9 Å². The van der Waals surface area contributed by atoms with Gasteiger partial charge >= 0.3 is 0 Å². The molecule has 1 atom stereocenters. The minimum atomic E-state index is 0.282. The molecule has 2 aromatic rings. The minimum absolute atomic E-state index is 0.282. The Kier molecular flexibility index (Phi) is 5.18. The maximum absolute atomic E-state index is 6.02. The van der Waals surface area contributed by atoms with E-state index in [0.29, 0.717) is 10.8 Å². The summed E-state index contributed by atoms with van der Waals surface area (Å²) >= 11 is 6.02. The second kappa shape index (κ2) is 7.10. The molecule has 0 radical (unpaired) electrons. The highest BCUT2D eigenvalue weighted by Crippen LogP contribution is 2.19. The van der Waals surface area contributed by atoms with Crippen LogP contribution in [0.5, 0.6) is 5.75 Å². The van der Waals surface area contributed by atoms with Crippen molar-refractivity contribution >= 4 is 17.4 Å². The number of nitrogens with zero attached hydrogens (tertiary/aromatic N) is 2. The number of aryl methyl sites for hydroxylation is 1. The van der Waals surface area contributed by atoms with Gasteiger partial charge in [0.2, 0.25) is 0 Å². The number of halogens is 1. The van der Waals surface area contributed by atoms with Crippen molar-refractivity contribution in [1.29, 1.82) is 0 Å². The summed E-state index contributed by atoms with van der Waals surface area (Å²) in [5.41, 5.74) is 1.29. The summed E-state index contributed by atoms with van der Waals surface area (Å²) in [6, 6.07) is 8.42. The Morgan fingerprint density at radius 1 is 1.30 bits per heavy atom. The standard InChI is InChI=1S/C15H18ClN3O/c1-11(19-15-14(16)9-17-10-18-15)3-4-12-5-7-13(20-2)8-6-12/h5-11H,3-4H2,1-2H3,(H,17,18,19). The molecular formula is C15H18ClN3O. The fraction of sp³-hybridized carbons (Fsp3) is 0.333. The van der Waals surface area contributed by atoms with Crippen molar-refractivity contribution in [3.8, 4) is 5.75 Å². The van der Waals surface area contributed by atoms with Gasteiger partial charge in [0, 0.05) is 6.04 Å². The second-order valence-electron chi connectivity index (χ2n) is 4.65. The average Bonchev–Trinajstić information content (AvgIpc) is 2.48. The average molecular weight is 292 g/mol. The van der Waals surface area contributed by atoms with Crippen molar-refractivity contribution in [3.63, 3.8) is 0 Å². The highest BCUT2D eigenvalue weighted by molar-refractivity contribution is 6.32. The molecule has 1 heterocycles. The van der Waals surface area contributed by atoms with Crippen LogP contribution in [0.3, 0.4) is 0 Å². The molecular weight excluding hydrogens is 274 g/mol. The van der Waals surface area contributed by atoms with Gasteiger partial charge in [-0.1, -0.05) is 23.7 Å². The number of anilines is 1. The van der Waals surface area contributed by atoms with Crippen LogP contribution in [0.2, 0.25) is 5.02 Å². The van der Waals surface area contributed by atoms with E-state index < -0.39 is 0 Å². The fourth-order valence-electron chi connectivity index (χ4n) is 1.90. The summed E-state index contributed by atoms with van der Waals surface area (Å²) < 4.78 is 5.15. The molecule has 20 heavy (non-hydrogen) atoms. The third kappa shape index (κ3) is 4.10. The highest BCUT2D eigenvalue weighted by atomic mass is 35.5. The monoisotopic (exact) mass is 291 g/mol. The highest BCUT2D eigenvalue weighted by Gasteiger charge is 2.07. The predicted octanol–water partition coefficient (Wildman–Crippen LogP) is 3.57. The number of hydrogen-bond donors (Lipinski definition) is 1. The van der Waals surface area contributed by atoms with Crippen LogP contribution in [0, 0.1) is 0 Å². The number of methoxy groups -OCH3 is 1. The van der Waals surface area contributed by atoms with Gasteiger partial charge in [0.25, 0.3) is 0 Å². The molecule has 0 saturated heterocycles. The Labute approximate surface area is 124 Å². The summed E-state index contributed by atoms with van der Waals surface area (Å²) in [5.74, 6) is 1.57. The first kappa shape index (κ1) is 14.6. The third-order valence-electron chi connectivity index (χ3n) is 3.08. The molecule has 2 rings (SSSR count). The molecule has 4 nitrogen and oxygen atoms in total. The molecule has 0 saturated carbocycles. The number of rotatable bonds is 6. The summed E-state index contributed by atoms with van der Waals surface area (Å²) in [6.07, 6.45) is 5.06. The molecule has 1 aromatic heterocycles. The van der Waals surface area contributed by atoms with Crippen LogP contribution in [0.4, 0.5) is 5.82 Å². The number of benzene rings is 1. The number of aromatic nitrogens is 2. The van der Waals surface area contributed by atoms with Crippen molar-refractivity contribution in [3.05, 3.63) is 47.4 Å². The summed E-state index contributed by atoms with van der Waals surface area (Å²) in [4.78, 5) is 7.99. The van der Waals surface area contributed by atoms with Crippen LogP contribution in [0.15, 0.2) is 36.8 Å². The largest absolute Gasteiger partial charge is 0.497 e. The van der Waals surface area contributed by atoms with Crippen LogP contribution in [-0.4, -0.2) is 23.1 Å². The first-order valence-corrected chi connectivity index (χ1v) is 6.92. The van der Waals surface area contributed by atoms with Gasteiger partial charge in [0.1, 0.15) is 22.9 Å². The Morgan fingerprint density at radius 2 is 2.05 bits per heavy atom. The van der Waals surface area contributed by atoms with E-state index in [2.05, 4.69) is 34.3 Å². The molecule has 0 bridgehead atoms.